The maximum absolute atomic E-state index is 5.44. The Bertz CT molecular complexity index is 271. The van der Waals surface area contributed by atoms with Gasteiger partial charge in [0, 0.05) is 12.7 Å². The van der Waals surface area contributed by atoms with Crippen LogP contribution in [0.3, 0.4) is 0 Å². The summed E-state index contributed by atoms with van der Waals surface area (Å²) < 4.78 is 5.44. The molecule has 2 heteroatoms. The van der Waals surface area contributed by atoms with Crippen LogP contribution in [0.4, 0.5) is 5.69 Å². The second-order valence-electron chi connectivity index (χ2n) is 3.12. The number of hydrogen-bond donors (Lipinski definition) is 1. The van der Waals surface area contributed by atoms with Crippen molar-refractivity contribution in [1.82, 2.24) is 0 Å². The van der Waals surface area contributed by atoms with Crippen LogP contribution in [-0.4, -0.2) is 13.7 Å². The summed E-state index contributed by atoms with van der Waals surface area (Å²) in [6.07, 6.45) is 0. The van der Waals surface area contributed by atoms with Gasteiger partial charge in [0.1, 0.15) is 5.75 Å². The van der Waals surface area contributed by atoms with Crippen molar-refractivity contribution in [2.24, 2.45) is 0 Å². The number of hydrogen-bond acceptors (Lipinski definition) is 2. The minimum atomic E-state index is 0.720. The first-order valence-corrected chi connectivity index (χ1v) is 4.60. The number of rotatable bonds is 3. The van der Waals surface area contributed by atoms with Crippen LogP contribution in [-0.2, 0) is 0 Å². The maximum atomic E-state index is 5.44. The molecule has 0 aliphatic rings. The molecule has 0 spiro atoms. The normalized spacial score (nSPS) is 9.85. The second kappa shape index (κ2) is 4.17. The average molecular weight is 179 g/mol. The molecular weight excluding hydrogens is 162 g/mol. The van der Waals surface area contributed by atoms with Crippen LogP contribution >= 0.6 is 0 Å². The van der Waals surface area contributed by atoms with E-state index < -0.39 is 0 Å². The Morgan fingerprint density at radius 1 is 1.23 bits per heavy atom. The summed E-state index contributed by atoms with van der Waals surface area (Å²) in [5.41, 5.74) is 3.65. The van der Waals surface area contributed by atoms with Crippen LogP contribution in [0.2, 0.25) is 0 Å². The molecule has 0 saturated carbocycles. The monoisotopic (exact) mass is 179 g/mol. The molecule has 13 heavy (non-hydrogen) atoms. The standard InChI is InChI=1S/C11H17NO/c1-5-13-10-6-8(2)11(12-4)9(3)7-10/h6-7,12H,5H2,1-4H3. The van der Waals surface area contributed by atoms with Crippen molar-refractivity contribution in [3.8, 4) is 5.75 Å². The number of nitrogens with one attached hydrogen (secondary N) is 1. The summed E-state index contributed by atoms with van der Waals surface area (Å²) >= 11 is 0. The van der Waals surface area contributed by atoms with Crippen molar-refractivity contribution < 1.29 is 4.74 Å². The van der Waals surface area contributed by atoms with Gasteiger partial charge in [-0.25, -0.2) is 0 Å². The Hall–Kier alpha value is -1.18. The maximum Gasteiger partial charge on any atom is 0.119 e. The Labute approximate surface area is 79.9 Å². The molecule has 0 bridgehead atoms. The zero-order valence-corrected chi connectivity index (χ0v) is 8.77. The predicted octanol–water partition coefficient (Wildman–Crippen LogP) is 2.74. The van der Waals surface area contributed by atoms with Gasteiger partial charge in [-0.15, -0.1) is 0 Å². The summed E-state index contributed by atoms with van der Waals surface area (Å²) in [6.45, 7) is 6.89. The third-order valence-corrected chi connectivity index (χ3v) is 2.07. The molecule has 1 aromatic carbocycles. The van der Waals surface area contributed by atoms with E-state index in [1.54, 1.807) is 0 Å². The van der Waals surface area contributed by atoms with Crippen LogP contribution in [0.15, 0.2) is 12.1 Å². The lowest BCUT2D eigenvalue weighted by molar-refractivity contribution is 0.340. The molecule has 0 aliphatic heterocycles. The van der Waals surface area contributed by atoms with Crippen molar-refractivity contribution in [3.05, 3.63) is 23.3 Å². The molecule has 0 aliphatic carbocycles. The summed E-state index contributed by atoms with van der Waals surface area (Å²) in [5, 5.41) is 3.18. The molecule has 72 valence electrons. The van der Waals surface area contributed by atoms with Crippen molar-refractivity contribution in [1.29, 1.82) is 0 Å². The van der Waals surface area contributed by atoms with Crippen molar-refractivity contribution in [2.75, 3.05) is 19.0 Å². The first-order valence-electron chi connectivity index (χ1n) is 4.60. The minimum absolute atomic E-state index is 0.720. The fourth-order valence-electron chi connectivity index (χ4n) is 1.57. The largest absolute Gasteiger partial charge is 0.494 e. The van der Waals surface area contributed by atoms with E-state index in [0.717, 1.165) is 12.4 Å². The molecular formula is C11H17NO. The molecule has 0 amide bonds. The van der Waals surface area contributed by atoms with Gasteiger partial charge in [0.05, 0.1) is 6.61 Å². The molecule has 0 radical (unpaired) electrons. The molecule has 2 nitrogen and oxygen atoms in total. The lowest BCUT2D eigenvalue weighted by Gasteiger charge is -2.11. The highest BCUT2D eigenvalue weighted by atomic mass is 16.5. The van der Waals surface area contributed by atoms with Crippen molar-refractivity contribution in [2.45, 2.75) is 20.8 Å². The van der Waals surface area contributed by atoms with Crippen molar-refractivity contribution in [3.63, 3.8) is 0 Å². The summed E-state index contributed by atoms with van der Waals surface area (Å²) in [7, 11) is 1.94. The van der Waals surface area contributed by atoms with Crippen LogP contribution in [0.5, 0.6) is 5.75 Å². The second-order valence-corrected chi connectivity index (χ2v) is 3.12. The van der Waals surface area contributed by atoms with Gasteiger partial charge in [0.15, 0.2) is 0 Å². The molecule has 1 rings (SSSR count). The third kappa shape index (κ3) is 2.14. The topological polar surface area (TPSA) is 21.3 Å². The van der Waals surface area contributed by atoms with E-state index in [0.29, 0.717) is 0 Å². The summed E-state index contributed by atoms with van der Waals surface area (Å²) in [6, 6.07) is 4.12. The zero-order valence-electron chi connectivity index (χ0n) is 8.77. The highest BCUT2D eigenvalue weighted by Gasteiger charge is 2.03. The van der Waals surface area contributed by atoms with E-state index in [2.05, 4.69) is 31.3 Å². The van der Waals surface area contributed by atoms with Gasteiger partial charge in [-0.2, -0.15) is 0 Å². The van der Waals surface area contributed by atoms with Crippen molar-refractivity contribution >= 4 is 5.69 Å². The van der Waals surface area contributed by atoms with Crippen LogP contribution in [0.25, 0.3) is 0 Å². The molecule has 0 fully saturated rings. The van der Waals surface area contributed by atoms with E-state index in [1.165, 1.54) is 16.8 Å². The molecule has 1 aromatic rings. The van der Waals surface area contributed by atoms with Crippen LogP contribution < -0.4 is 10.1 Å². The molecule has 0 saturated heterocycles. The lowest BCUT2D eigenvalue weighted by atomic mass is 10.1. The molecule has 1 N–H and O–H groups in total. The van der Waals surface area contributed by atoms with E-state index in [-0.39, 0.29) is 0 Å². The highest BCUT2D eigenvalue weighted by molar-refractivity contribution is 5.59. The van der Waals surface area contributed by atoms with Gasteiger partial charge in [-0.3, -0.25) is 0 Å². The van der Waals surface area contributed by atoms with E-state index in [1.807, 2.05) is 14.0 Å². The Kier molecular flexibility index (Phi) is 3.18. The number of benzene rings is 1. The van der Waals surface area contributed by atoms with E-state index in [9.17, 15) is 0 Å². The first-order chi connectivity index (χ1) is 6.19. The molecule has 0 heterocycles. The first kappa shape index (κ1) is 9.90. The fraction of sp³-hybridized carbons (Fsp3) is 0.455. The Morgan fingerprint density at radius 2 is 1.77 bits per heavy atom. The highest BCUT2D eigenvalue weighted by Crippen LogP contribution is 2.25. The smallest absolute Gasteiger partial charge is 0.119 e. The Balaban J connectivity index is 3.05. The van der Waals surface area contributed by atoms with Gasteiger partial charge in [0.2, 0.25) is 0 Å². The van der Waals surface area contributed by atoms with Gasteiger partial charge >= 0.3 is 0 Å². The van der Waals surface area contributed by atoms with Crippen LogP contribution in [0, 0.1) is 13.8 Å². The molecule has 0 atom stereocenters. The van der Waals surface area contributed by atoms with Crippen LogP contribution in [0.1, 0.15) is 18.1 Å². The lowest BCUT2D eigenvalue weighted by Crippen LogP contribution is -1.98. The zero-order chi connectivity index (χ0) is 9.84. The third-order valence-electron chi connectivity index (χ3n) is 2.07. The van der Waals surface area contributed by atoms with Gasteiger partial charge in [-0.05, 0) is 44.0 Å². The van der Waals surface area contributed by atoms with E-state index in [4.69, 9.17) is 4.74 Å². The minimum Gasteiger partial charge on any atom is -0.494 e. The predicted molar refractivity (Wildman–Crippen MR) is 56.6 cm³/mol. The number of ether oxygens (including phenoxy) is 1. The van der Waals surface area contributed by atoms with Gasteiger partial charge in [-0.1, -0.05) is 0 Å². The molecule has 0 aromatic heterocycles. The summed E-state index contributed by atoms with van der Waals surface area (Å²) in [5.74, 6) is 0.955. The SMILES string of the molecule is CCOc1cc(C)c(NC)c(C)c1. The van der Waals surface area contributed by atoms with Gasteiger partial charge < -0.3 is 10.1 Å². The van der Waals surface area contributed by atoms with Gasteiger partial charge in [0.25, 0.3) is 0 Å². The molecule has 0 unspecified atom stereocenters. The number of anilines is 1. The quantitative estimate of drug-likeness (QED) is 0.770. The summed E-state index contributed by atoms with van der Waals surface area (Å²) in [4.78, 5) is 0. The average Bonchev–Trinajstić information content (AvgIpc) is 2.04. The number of aryl methyl sites for hydroxylation is 2. The van der Waals surface area contributed by atoms with E-state index >= 15 is 0 Å². The Morgan fingerprint density at radius 3 is 2.15 bits per heavy atom. The fourth-order valence-corrected chi connectivity index (χ4v) is 1.57.